The number of carbonyl (C=O) groups is 2. The summed E-state index contributed by atoms with van der Waals surface area (Å²) in [6.07, 6.45) is -0.147. The van der Waals surface area contributed by atoms with Gasteiger partial charge in [0.25, 0.3) is 5.91 Å². The van der Waals surface area contributed by atoms with Crippen molar-refractivity contribution in [2.45, 2.75) is 26.3 Å². The van der Waals surface area contributed by atoms with E-state index >= 15 is 0 Å². The summed E-state index contributed by atoms with van der Waals surface area (Å²) in [7, 11) is 0. The molecule has 0 aliphatic carbocycles. The van der Waals surface area contributed by atoms with E-state index in [9.17, 15) is 14.0 Å². The molecule has 0 saturated heterocycles. The van der Waals surface area contributed by atoms with Gasteiger partial charge in [0.15, 0.2) is 0 Å². The number of hydrogen-bond acceptors (Lipinski definition) is 3. The maximum atomic E-state index is 13.7. The van der Waals surface area contributed by atoms with Crippen molar-refractivity contribution in [3.05, 3.63) is 99.3 Å². The van der Waals surface area contributed by atoms with Crippen LogP contribution in [0.2, 0.25) is 10.0 Å². The van der Waals surface area contributed by atoms with Crippen molar-refractivity contribution in [2.75, 3.05) is 6.54 Å². The molecule has 1 aromatic heterocycles. The molecule has 37 heavy (non-hydrogen) atoms. The lowest BCUT2D eigenvalue weighted by molar-refractivity contribution is -0.136. The van der Waals surface area contributed by atoms with Crippen LogP contribution in [0.3, 0.4) is 0 Å². The smallest absolute Gasteiger partial charge is 0.305 e. The van der Waals surface area contributed by atoms with Crippen LogP contribution < -0.4 is 5.32 Å². The second kappa shape index (κ2) is 11.2. The Bertz CT molecular complexity index is 1430. The Morgan fingerprint density at radius 3 is 2.22 bits per heavy atom. The minimum Gasteiger partial charge on any atom is -0.481 e. The van der Waals surface area contributed by atoms with E-state index in [4.69, 9.17) is 33.4 Å². The fraction of sp³-hybridized carbons (Fsp3) is 0.179. The van der Waals surface area contributed by atoms with Gasteiger partial charge in [0, 0.05) is 38.8 Å². The quantitative estimate of drug-likeness (QED) is 0.258. The number of carbonyl (C=O) groups excluding carboxylic acids is 1. The summed E-state index contributed by atoms with van der Waals surface area (Å²) in [6, 6.07) is 18.3. The zero-order valence-electron chi connectivity index (χ0n) is 20.1. The summed E-state index contributed by atoms with van der Waals surface area (Å²) in [4.78, 5) is 23.0. The third-order valence-corrected chi connectivity index (χ3v) is 6.48. The van der Waals surface area contributed by atoms with Gasteiger partial charge in [-0.3, -0.25) is 14.3 Å². The van der Waals surface area contributed by atoms with E-state index in [-0.39, 0.29) is 30.7 Å². The lowest BCUT2D eigenvalue weighted by Crippen LogP contribution is -2.26. The van der Waals surface area contributed by atoms with Crippen LogP contribution in [-0.2, 0) is 4.79 Å². The van der Waals surface area contributed by atoms with Crippen LogP contribution in [0.1, 0.15) is 40.9 Å². The predicted molar refractivity (Wildman–Crippen MR) is 143 cm³/mol. The molecule has 0 fully saturated rings. The van der Waals surface area contributed by atoms with E-state index in [1.807, 2.05) is 30.7 Å². The number of aromatic nitrogens is 2. The van der Waals surface area contributed by atoms with E-state index in [2.05, 4.69) is 5.32 Å². The monoisotopic (exact) mass is 539 g/mol. The molecule has 0 saturated carbocycles. The zero-order chi connectivity index (χ0) is 26.7. The highest BCUT2D eigenvalue weighted by molar-refractivity contribution is 6.35. The standard InChI is InChI=1S/C28H24Cl2FN3O3/c1-16-26(21-13-22(29)15-23(30)14-21)33-34(27(16)19-7-9-24(31)10-8-19)17(2)18-3-5-20(6-4-18)28(37)32-12-11-25(35)36/h3-10,13-15,17H,11-12H2,1-2H3,(H,32,37)(H,35,36). The first kappa shape index (κ1) is 26.4. The minimum atomic E-state index is -0.977. The lowest BCUT2D eigenvalue weighted by atomic mass is 10.0. The van der Waals surface area contributed by atoms with Gasteiger partial charge < -0.3 is 10.4 Å². The molecule has 6 nitrogen and oxygen atoms in total. The number of aliphatic carboxylic acids is 1. The molecule has 2 N–H and O–H groups in total. The van der Waals surface area contributed by atoms with Gasteiger partial charge in [-0.15, -0.1) is 0 Å². The molecule has 3 aromatic carbocycles. The lowest BCUT2D eigenvalue weighted by Gasteiger charge is -2.17. The van der Waals surface area contributed by atoms with Crippen LogP contribution in [0.5, 0.6) is 0 Å². The van der Waals surface area contributed by atoms with E-state index in [0.717, 1.165) is 27.9 Å². The van der Waals surface area contributed by atoms with Crippen LogP contribution in [-0.4, -0.2) is 33.3 Å². The second-order valence-electron chi connectivity index (χ2n) is 8.63. The molecule has 1 unspecified atom stereocenters. The summed E-state index contributed by atoms with van der Waals surface area (Å²) >= 11 is 12.5. The summed E-state index contributed by atoms with van der Waals surface area (Å²) in [5.74, 6) is -1.66. The molecular formula is C28H24Cl2FN3O3. The van der Waals surface area contributed by atoms with Crippen molar-refractivity contribution in [3.8, 4) is 22.5 Å². The first-order valence-corrected chi connectivity index (χ1v) is 12.3. The Labute approximate surface area is 223 Å². The number of amides is 1. The number of hydrogen-bond donors (Lipinski definition) is 2. The summed E-state index contributed by atoms with van der Waals surface area (Å²) < 4.78 is 15.6. The third-order valence-electron chi connectivity index (χ3n) is 6.05. The van der Waals surface area contributed by atoms with Gasteiger partial charge in [-0.05, 0) is 74.0 Å². The molecule has 0 radical (unpaired) electrons. The van der Waals surface area contributed by atoms with Crippen LogP contribution in [0.4, 0.5) is 4.39 Å². The van der Waals surface area contributed by atoms with Crippen LogP contribution in [0.25, 0.3) is 22.5 Å². The Morgan fingerprint density at radius 1 is 1.00 bits per heavy atom. The fourth-order valence-corrected chi connectivity index (χ4v) is 4.68. The molecule has 0 aliphatic rings. The first-order valence-electron chi connectivity index (χ1n) is 11.6. The van der Waals surface area contributed by atoms with Crippen molar-refractivity contribution in [2.24, 2.45) is 0 Å². The molecular weight excluding hydrogens is 516 g/mol. The molecule has 9 heteroatoms. The number of benzene rings is 3. The summed E-state index contributed by atoms with van der Waals surface area (Å²) in [6.45, 7) is 3.98. The molecule has 1 atom stereocenters. The maximum absolute atomic E-state index is 13.7. The number of rotatable bonds is 8. The molecule has 1 amide bonds. The molecule has 0 spiro atoms. The average molecular weight is 540 g/mol. The highest BCUT2D eigenvalue weighted by Gasteiger charge is 2.22. The fourth-order valence-electron chi connectivity index (χ4n) is 4.16. The number of halogens is 3. The van der Waals surface area contributed by atoms with E-state index in [0.29, 0.717) is 21.3 Å². The third kappa shape index (κ3) is 6.01. The Balaban J connectivity index is 1.72. The number of carboxylic acid groups (broad SMARTS) is 1. The number of carboxylic acids is 1. The normalized spacial score (nSPS) is 11.8. The van der Waals surface area contributed by atoms with Crippen molar-refractivity contribution in [1.82, 2.24) is 15.1 Å². The predicted octanol–water partition coefficient (Wildman–Crippen LogP) is 6.79. The number of nitrogens with zero attached hydrogens (tertiary/aromatic N) is 2. The summed E-state index contributed by atoms with van der Waals surface area (Å²) in [5.41, 5.74) is 5.27. The highest BCUT2D eigenvalue weighted by Crippen LogP contribution is 2.37. The van der Waals surface area contributed by atoms with Gasteiger partial charge in [-0.2, -0.15) is 5.10 Å². The van der Waals surface area contributed by atoms with Crippen LogP contribution in [0.15, 0.2) is 66.7 Å². The SMILES string of the molecule is Cc1c(-c2cc(Cl)cc(Cl)c2)nn(C(C)c2ccc(C(=O)NCCC(=O)O)cc2)c1-c1ccc(F)cc1. The zero-order valence-corrected chi connectivity index (χ0v) is 21.6. The van der Waals surface area contributed by atoms with Gasteiger partial charge in [-0.25, -0.2) is 4.39 Å². The molecule has 1 heterocycles. The molecule has 190 valence electrons. The number of nitrogens with one attached hydrogen (secondary N) is 1. The largest absolute Gasteiger partial charge is 0.481 e. The summed E-state index contributed by atoms with van der Waals surface area (Å²) in [5, 5.41) is 17.2. The Morgan fingerprint density at radius 2 is 1.62 bits per heavy atom. The highest BCUT2D eigenvalue weighted by atomic mass is 35.5. The first-order chi connectivity index (χ1) is 17.6. The van der Waals surface area contributed by atoms with Gasteiger partial charge in [-0.1, -0.05) is 35.3 Å². The average Bonchev–Trinajstić information content (AvgIpc) is 3.20. The Kier molecular flexibility index (Phi) is 7.95. The topological polar surface area (TPSA) is 84.2 Å². The van der Waals surface area contributed by atoms with E-state index in [1.165, 1.54) is 12.1 Å². The van der Waals surface area contributed by atoms with Gasteiger partial charge >= 0.3 is 5.97 Å². The van der Waals surface area contributed by atoms with Gasteiger partial charge in [0.05, 0.1) is 23.9 Å². The maximum Gasteiger partial charge on any atom is 0.305 e. The van der Waals surface area contributed by atoms with Crippen LogP contribution in [0, 0.1) is 12.7 Å². The minimum absolute atomic E-state index is 0.0518. The van der Waals surface area contributed by atoms with Crippen molar-refractivity contribution >= 4 is 35.1 Å². The second-order valence-corrected chi connectivity index (χ2v) is 9.50. The van der Waals surface area contributed by atoms with Gasteiger partial charge in [0.1, 0.15) is 5.82 Å². The molecule has 4 aromatic rings. The van der Waals surface area contributed by atoms with Crippen molar-refractivity contribution < 1.29 is 19.1 Å². The Hall–Kier alpha value is -3.68. The molecule has 4 rings (SSSR count). The van der Waals surface area contributed by atoms with Crippen molar-refractivity contribution in [3.63, 3.8) is 0 Å². The van der Waals surface area contributed by atoms with Crippen LogP contribution >= 0.6 is 23.2 Å². The van der Waals surface area contributed by atoms with Crippen molar-refractivity contribution in [1.29, 1.82) is 0 Å². The van der Waals surface area contributed by atoms with Gasteiger partial charge in [0.2, 0.25) is 0 Å². The molecule has 0 bridgehead atoms. The molecule has 0 aliphatic heterocycles. The van der Waals surface area contributed by atoms with E-state index < -0.39 is 5.97 Å². The van der Waals surface area contributed by atoms with E-state index in [1.54, 1.807) is 42.5 Å².